The maximum Gasteiger partial charge on any atom is 0.241 e. The Morgan fingerprint density at radius 2 is 1.93 bits per heavy atom. The zero-order chi connectivity index (χ0) is 19.4. The second-order valence-electron chi connectivity index (χ2n) is 6.94. The summed E-state index contributed by atoms with van der Waals surface area (Å²) >= 11 is 0. The number of fused-ring (bicyclic) bond motifs is 1. The van der Waals surface area contributed by atoms with E-state index in [1.165, 1.54) is 6.92 Å². The van der Waals surface area contributed by atoms with E-state index in [9.17, 15) is 13.2 Å². The first-order chi connectivity index (χ1) is 12.9. The maximum absolute atomic E-state index is 13.0. The van der Waals surface area contributed by atoms with Crippen molar-refractivity contribution in [3.05, 3.63) is 59.7 Å². The van der Waals surface area contributed by atoms with Crippen LogP contribution in [0.5, 0.6) is 0 Å². The average Bonchev–Trinajstić information content (AvgIpc) is 2.67. The van der Waals surface area contributed by atoms with Crippen LogP contribution in [0.25, 0.3) is 0 Å². The van der Waals surface area contributed by atoms with Gasteiger partial charge in [0, 0.05) is 25.2 Å². The molecule has 1 aliphatic rings. The number of amides is 1. The van der Waals surface area contributed by atoms with Gasteiger partial charge in [-0.1, -0.05) is 43.7 Å². The summed E-state index contributed by atoms with van der Waals surface area (Å²) in [5.74, 6) is -0.0169. The van der Waals surface area contributed by atoms with Crippen LogP contribution < -0.4 is 9.62 Å². The van der Waals surface area contributed by atoms with Crippen LogP contribution in [0.1, 0.15) is 50.3 Å². The van der Waals surface area contributed by atoms with Gasteiger partial charge in [0.05, 0.1) is 4.90 Å². The van der Waals surface area contributed by atoms with Crippen molar-refractivity contribution >= 4 is 21.6 Å². The number of anilines is 1. The van der Waals surface area contributed by atoms with Crippen molar-refractivity contribution in [2.75, 3.05) is 11.4 Å². The van der Waals surface area contributed by atoms with Crippen molar-refractivity contribution in [2.45, 2.75) is 50.5 Å². The van der Waals surface area contributed by atoms with Gasteiger partial charge in [0.2, 0.25) is 15.9 Å². The second kappa shape index (κ2) is 8.23. The van der Waals surface area contributed by atoms with E-state index in [4.69, 9.17) is 0 Å². The van der Waals surface area contributed by atoms with Crippen LogP contribution in [0.15, 0.2) is 53.4 Å². The molecule has 6 heteroatoms. The molecule has 0 radical (unpaired) electrons. The molecule has 0 aliphatic carbocycles. The van der Waals surface area contributed by atoms with Crippen molar-refractivity contribution in [3.8, 4) is 0 Å². The minimum absolute atomic E-state index is 0.0169. The first kappa shape index (κ1) is 19.6. The molecule has 5 nitrogen and oxygen atoms in total. The quantitative estimate of drug-likeness (QED) is 0.821. The predicted molar refractivity (Wildman–Crippen MR) is 107 cm³/mol. The fourth-order valence-electron chi connectivity index (χ4n) is 3.59. The minimum atomic E-state index is -3.65. The number of aryl methyl sites for hydroxylation is 1. The molecule has 0 saturated heterocycles. The molecule has 3 rings (SSSR count). The van der Waals surface area contributed by atoms with E-state index in [0.29, 0.717) is 6.54 Å². The molecule has 0 spiro atoms. The SMILES string of the molecule is CCC[C@H](NS(=O)(=O)c1ccc2c(c1)CCCN2C(C)=O)c1ccccc1. The highest BCUT2D eigenvalue weighted by molar-refractivity contribution is 7.89. The van der Waals surface area contributed by atoms with Crippen LogP contribution in [-0.4, -0.2) is 20.9 Å². The summed E-state index contributed by atoms with van der Waals surface area (Å²) in [5, 5.41) is 0. The fourth-order valence-corrected chi connectivity index (χ4v) is 4.90. The van der Waals surface area contributed by atoms with Crippen LogP contribution in [0.4, 0.5) is 5.69 Å². The highest BCUT2D eigenvalue weighted by Crippen LogP contribution is 2.30. The lowest BCUT2D eigenvalue weighted by Crippen LogP contribution is -2.34. The van der Waals surface area contributed by atoms with Gasteiger partial charge >= 0.3 is 0 Å². The van der Waals surface area contributed by atoms with Crippen molar-refractivity contribution in [3.63, 3.8) is 0 Å². The fraction of sp³-hybridized carbons (Fsp3) is 0.381. The van der Waals surface area contributed by atoms with E-state index in [2.05, 4.69) is 4.72 Å². The lowest BCUT2D eigenvalue weighted by Gasteiger charge is -2.29. The Bertz CT molecular complexity index is 910. The molecular formula is C21H26N2O3S. The average molecular weight is 387 g/mol. The molecule has 1 aliphatic heterocycles. The highest BCUT2D eigenvalue weighted by atomic mass is 32.2. The predicted octanol–water partition coefficient (Wildman–Crippen LogP) is 3.81. The lowest BCUT2D eigenvalue weighted by molar-refractivity contribution is -0.116. The zero-order valence-corrected chi connectivity index (χ0v) is 16.6. The van der Waals surface area contributed by atoms with E-state index in [1.807, 2.05) is 37.3 Å². The third-order valence-electron chi connectivity index (χ3n) is 4.94. The molecule has 0 fully saturated rings. The van der Waals surface area contributed by atoms with Gasteiger partial charge < -0.3 is 4.90 Å². The number of hydrogen-bond donors (Lipinski definition) is 1. The van der Waals surface area contributed by atoms with Crippen molar-refractivity contribution in [2.24, 2.45) is 0 Å². The smallest absolute Gasteiger partial charge is 0.241 e. The Hall–Kier alpha value is -2.18. The van der Waals surface area contributed by atoms with Crippen LogP contribution >= 0.6 is 0 Å². The summed E-state index contributed by atoms with van der Waals surface area (Å²) in [6.07, 6.45) is 3.22. The van der Waals surface area contributed by atoms with Gasteiger partial charge in [-0.05, 0) is 48.6 Å². The van der Waals surface area contributed by atoms with Gasteiger partial charge in [-0.2, -0.15) is 0 Å². The first-order valence-electron chi connectivity index (χ1n) is 9.40. The van der Waals surface area contributed by atoms with Gasteiger partial charge in [0.1, 0.15) is 0 Å². The van der Waals surface area contributed by atoms with Gasteiger partial charge in [-0.25, -0.2) is 13.1 Å². The number of rotatable bonds is 6. The minimum Gasteiger partial charge on any atom is -0.312 e. The van der Waals surface area contributed by atoms with Crippen LogP contribution in [0.3, 0.4) is 0 Å². The normalized spacial score (nSPS) is 15.3. The summed E-state index contributed by atoms with van der Waals surface area (Å²) in [5.41, 5.74) is 2.69. The topological polar surface area (TPSA) is 66.5 Å². The largest absolute Gasteiger partial charge is 0.312 e. The monoisotopic (exact) mass is 386 g/mol. The van der Waals surface area contributed by atoms with E-state index in [0.717, 1.165) is 42.5 Å². The van der Waals surface area contributed by atoms with E-state index < -0.39 is 10.0 Å². The maximum atomic E-state index is 13.0. The van der Waals surface area contributed by atoms with Crippen molar-refractivity contribution in [1.82, 2.24) is 4.72 Å². The highest BCUT2D eigenvalue weighted by Gasteiger charge is 2.25. The summed E-state index contributed by atoms with van der Waals surface area (Å²) in [6, 6.07) is 14.4. The van der Waals surface area contributed by atoms with Crippen LogP contribution in [0.2, 0.25) is 0 Å². The molecule has 2 aromatic carbocycles. The zero-order valence-electron chi connectivity index (χ0n) is 15.8. The molecule has 1 atom stereocenters. The molecule has 1 N–H and O–H groups in total. The molecule has 0 bridgehead atoms. The molecule has 2 aromatic rings. The number of nitrogens with zero attached hydrogens (tertiary/aromatic N) is 1. The molecule has 27 heavy (non-hydrogen) atoms. The Labute approximate surface area is 161 Å². The number of carbonyl (C=O) groups is 1. The number of hydrogen-bond acceptors (Lipinski definition) is 3. The van der Waals surface area contributed by atoms with Gasteiger partial charge in [-0.3, -0.25) is 4.79 Å². The van der Waals surface area contributed by atoms with E-state index in [1.54, 1.807) is 23.1 Å². The van der Waals surface area contributed by atoms with E-state index in [-0.39, 0.29) is 16.8 Å². The molecule has 0 unspecified atom stereocenters. The van der Waals surface area contributed by atoms with Gasteiger partial charge in [0.25, 0.3) is 0 Å². The van der Waals surface area contributed by atoms with Crippen molar-refractivity contribution in [1.29, 1.82) is 0 Å². The van der Waals surface area contributed by atoms with Gasteiger partial charge in [0.15, 0.2) is 0 Å². The summed E-state index contributed by atoms with van der Waals surface area (Å²) < 4.78 is 28.9. The summed E-state index contributed by atoms with van der Waals surface area (Å²) in [6.45, 7) is 4.26. The Morgan fingerprint density at radius 1 is 1.19 bits per heavy atom. The third-order valence-corrected chi connectivity index (χ3v) is 6.41. The summed E-state index contributed by atoms with van der Waals surface area (Å²) in [7, 11) is -3.65. The molecule has 0 saturated carbocycles. The van der Waals surface area contributed by atoms with Crippen molar-refractivity contribution < 1.29 is 13.2 Å². The molecule has 1 amide bonds. The first-order valence-corrected chi connectivity index (χ1v) is 10.9. The Morgan fingerprint density at radius 3 is 2.59 bits per heavy atom. The molecular weight excluding hydrogens is 360 g/mol. The second-order valence-corrected chi connectivity index (χ2v) is 8.65. The summed E-state index contributed by atoms with van der Waals surface area (Å²) in [4.78, 5) is 13.8. The van der Waals surface area contributed by atoms with E-state index >= 15 is 0 Å². The number of sulfonamides is 1. The molecule has 0 aromatic heterocycles. The number of carbonyl (C=O) groups excluding carboxylic acids is 1. The standard InChI is InChI=1S/C21H26N2O3S/c1-3-8-20(17-9-5-4-6-10-17)22-27(25,26)19-12-13-21-18(15-19)11-7-14-23(21)16(2)24/h4-6,9-10,12-13,15,20,22H,3,7-8,11,14H2,1-2H3/t20-/m0/s1. The number of nitrogens with one attached hydrogen (secondary N) is 1. The Balaban J connectivity index is 1.89. The van der Waals surface area contributed by atoms with Crippen LogP contribution in [0, 0.1) is 0 Å². The number of benzene rings is 2. The molecule has 1 heterocycles. The molecule has 144 valence electrons. The lowest BCUT2D eigenvalue weighted by atomic mass is 10.0. The van der Waals surface area contributed by atoms with Crippen LogP contribution in [-0.2, 0) is 21.2 Å². The Kier molecular flexibility index (Phi) is 5.97. The van der Waals surface area contributed by atoms with Gasteiger partial charge in [-0.15, -0.1) is 0 Å². The third kappa shape index (κ3) is 4.39.